The molecule has 0 bridgehead atoms. The summed E-state index contributed by atoms with van der Waals surface area (Å²) in [4.78, 5) is 42.9. The number of rotatable bonds is 7. The highest BCUT2D eigenvalue weighted by atomic mass is 35.5. The largest absolute Gasteiger partial charge is 0.449 e. The van der Waals surface area contributed by atoms with Gasteiger partial charge < -0.3 is 14.5 Å². The van der Waals surface area contributed by atoms with Crippen molar-refractivity contribution in [2.45, 2.75) is 52.5 Å². The molecule has 0 radical (unpaired) electrons. The highest BCUT2D eigenvalue weighted by molar-refractivity contribution is 6.30. The van der Waals surface area contributed by atoms with Crippen molar-refractivity contribution in [3.05, 3.63) is 57.6 Å². The zero-order valence-electron chi connectivity index (χ0n) is 22.1. The van der Waals surface area contributed by atoms with E-state index in [-0.39, 0.29) is 34.7 Å². The number of piperazine rings is 1. The van der Waals surface area contributed by atoms with Gasteiger partial charge in [0, 0.05) is 37.4 Å². The average molecular weight is 543 g/mol. The van der Waals surface area contributed by atoms with Crippen LogP contribution in [0.5, 0.6) is 0 Å². The first kappa shape index (κ1) is 27.5. The van der Waals surface area contributed by atoms with E-state index in [4.69, 9.17) is 16.3 Å². The average Bonchev–Trinajstić information content (AvgIpc) is 2.89. The molecule has 3 aromatic rings. The summed E-state index contributed by atoms with van der Waals surface area (Å²) in [5.41, 5.74) is 1.35. The van der Waals surface area contributed by atoms with Crippen LogP contribution in [-0.2, 0) is 4.74 Å². The van der Waals surface area contributed by atoms with Crippen LogP contribution >= 0.6 is 11.6 Å². The summed E-state index contributed by atoms with van der Waals surface area (Å²) >= 11 is 6.12. The lowest BCUT2D eigenvalue weighted by atomic mass is 10.0. The Morgan fingerprint density at radius 2 is 2.11 bits per heavy atom. The number of anilines is 1. The van der Waals surface area contributed by atoms with Crippen LogP contribution in [0.25, 0.3) is 22.8 Å². The molecule has 0 N–H and O–H groups in total. The molecule has 1 amide bonds. The Balaban J connectivity index is 1.83. The maximum absolute atomic E-state index is 14.8. The minimum atomic E-state index is -0.725. The van der Waals surface area contributed by atoms with Crippen molar-refractivity contribution in [3.8, 4) is 5.69 Å². The maximum Gasteiger partial charge on any atom is 0.409 e. The Morgan fingerprint density at radius 1 is 1.34 bits per heavy atom. The van der Waals surface area contributed by atoms with Crippen LogP contribution in [0.2, 0.25) is 5.15 Å². The van der Waals surface area contributed by atoms with Crippen LogP contribution in [-0.4, -0.2) is 62.8 Å². The molecular weight excluding hydrogens is 511 g/mol. The third-order valence-corrected chi connectivity index (χ3v) is 6.88. The minimum absolute atomic E-state index is 0.0346. The van der Waals surface area contributed by atoms with E-state index in [9.17, 15) is 14.0 Å². The first-order valence-electron chi connectivity index (χ1n) is 12.8. The van der Waals surface area contributed by atoms with Crippen molar-refractivity contribution in [3.63, 3.8) is 0 Å². The third-order valence-electron chi connectivity index (χ3n) is 6.61. The van der Waals surface area contributed by atoms with Crippen molar-refractivity contribution in [1.29, 1.82) is 0 Å². The summed E-state index contributed by atoms with van der Waals surface area (Å²) in [5.74, 6) is -0.476. The first-order chi connectivity index (χ1) is 18.2. The molecule has 4 rings (SSSR count). The van der Waals surface area contributed by atoms with Gasteiger partial charge in [-0.15, -0.1) is 0 Å². The quantitative estimate of drug-likeness (QED) is 0.300. The van der Waals surface area contributed by atoms with Gasteiger partial charge in [-0.05, 0) is 31.4 Å². The van der Waals surface area contributed by atoms with Crippen molar-refractivity contribution in [2.75, 3.05) is 31.1 Å². The van der Waals surface area contributed by atoms with Crippen LogP contribution in [0.15, 0.2) is 29.7 Å². The zero-order valence-corrected chi connectivity index (χ0v) is 22.8. The summed E-state index contributed by atoms with van der Waals surface area (Å²) in [6.45, 7) is 13.2. The molecule has 1 saturated heterocycles. The molecule has 38 heavy (non-hydrogen) atoms. The summed E-state index contributed by atoms with van der Waals surface area (Å²) in [7, 11) is 0. The van der Waals surface area contributed by atoms with Crippen LogP contribution in [0.3, 0.4) is 0 Å². The van der Waals surface area contributed by atoms with Gasteiger partial charge in [0.05, 0.1) is 23.4 Å². The normalized spacial score (nSPS) is 15.8. The fourth-order valence-corrected chi connectivity index (χ4v) is 4.79. The van der Waals surface area contributed by atoms with E-state index in [1.54, 1.807) is 23.2 Å². The second-order valence-electron chi connectivity index (χ2n) is 9.63. The minimum Gasteiger partial charge on any atom is -0.449 e. The van der Waals surface area contributed by atoms with Crippen molar-refractivity contribution in [2.24, 2.45) is 0 Å². The number of carbonyl (C=O) groups is 1. The van der Waals surface area contributed by atoms with E-state index in [1.165, 1.54) is 10.6 Å². The molecule has 3 aromatic heterocycles. The summed E-state index contributed by atoms with van der Waals surface area (Å²) < 4.78 is 21.5. The van der Waals surface area contributed by atoms with Crippen molar-refractivity contribution < 1.29 is 13.9 Å². The van der Waals surface area contributed by atoms with Crippen LogP contribution in [0, 0.1) is 5.82 Å². The zero-order chi connectivity index (χ0) is 27.6. The second kappa shape index (κ2) is 11.5. The van der Waals surface area contributed by atoms with Gasteiger partial charge in [-0.25, -0.2) is 23.5 Å². The van der Waals surface area contributed by atoms with Gasteiger partial charge >= 0.3 is 11.8 Å². The van der Waals surface area contributed by atoms with Gasteiger partial charge in [-0.1, -0.05) is 51.4 Å². The van der Waals surface area contributed by atoms with Gasteiger partial charge in [-0.3, -0.25) is 4.98 Å². The number of halogens is 2. The topological polar surface area (TPSA) is 93.5 Å². The van der Waals surface area contributed by atoms with Gasteiger partial charge in [0.1, 0.15) is 5.82 Å². The number of hydrogen-bond acceptors (Lipinski definition) is 7. The van der Waals surface area contributed by atoms with E-state index < -0.39 is 11.5 Å². The van der Waals surface area contributed by atoms with E-state index >= 15 is 0 Å². The van der Waals surface area contributed by atoms with Crippen LogP contribution in [0.4, 0.5) is 15.0 Å². The Labute approximate surface area is 225 Å². The van der Waals surface area contributed by atoms with Crippen LogP contribution < -0.4 is 10.6 Å². The summed E-state index contributed by atoms with van der Waals surface area (Å²) in [6, 6.07) is 2.77. The number of unbranched alkanes of at least 4 members (excludes halogenated alkanes) is 1. The molecular formula is C27H32ClFN6O3. The molecule has 202 valence electrons. The summed E-state index contributed by atoms with van der Waals surface area (Å²) in [5, 5.41) is -0.0310. The Morgan fingerprint density at radius 3 is 2.76 bits per heavy atom. The SMILES string of the molecule is C=Cc1ccnc(C(C)C)c1-n1c(=O)nc(N2CCN(C(=O)OCCCC)CC2C)c2cc(F)c(Cl)nc21. The number of nitrogens with zero attached hydrogens (tertiary/aromatic N) is 6. The number of fused-ring (bicyclic) bond motifs is 1. The first-order valence-corrected chi connectivity index (χ1v) is 13.1. The lowest BCUT2D eigenvalue weighted by Crippen LogP contribution is -2.54. The fraction of sp³-hybridized carbons (Fsp3) is 0.444. The molecule has 9 nitrogen and oxygen atoms in total. The van der Waals surface area contributed by atoms with E-state index in [0.717, 1.165) is 12.8 Å². The smallest absolute Gasteiger partial charge is 0.409 e. The molecule has 0 spiro atoms. The second-order valence-corrected chi connectivity index (χ2v) is 9.99. The Hall–Kier alpha value is -3.53. The predicted molar refractivity (Wildman–Crippen MR) is 147 cm³/mol. The molecule has 4 heterocycles. The van der Waals surface area contributed by atoms with Crippen LogP contribution in [0.1, 0.15) is 57.7 Å². The Kier molecular flexibility index (Phi) is 8.30. The number of amides is 1. The standard InChI is InChI=1S/C27H32ClFN6O3/c1-6-8-13-38-27(37)33-11-12-34(17(5)15-33)24-19-14-20(29)23(28)31-25(19)35(26(36)32-24)22-18(7-2)9-10-30-21(22)16(3)4/h7,9-10,14,16-17H,2,6,8,11-13,15H2,1,3-5H3. The molecule has 1 aliphatic heterocycles. The highest BCUT2D eigenvalue weighted by Gasteiger charge is 2.31. The molecule has 1 atom stereocenters. The molecule has 11 heteroatoms. The fourth-order valence-electron chi connectivity index (χ4n) is 4.65. The number of carbonyl (C=O) groups excluding carboxylic acids is 1. The highest BCUT2D eigenvalue weighted by Crippen LogP contribution is 2.32. The molecule has 0 aromatic carbocycles. The predicted octanol–water partition coefficient (Wildman–Crippen LogP) is 5.18. The van der Waals surface area contributed by atoms with Crippen molar-refractivity contribution >= 4 is 40.6 Å². The molecule has 1 unspecified atom stereocenters. The lowest BCUT2D eigenvalue weighted by Gasteiger charge is -2.40. The summed E-state index contributed by atoms with van der Waals surface area (Å²) in [6.07, 6.45) is 4.65. The van der Waals surface area contributed by atoms with E-state index in [1.807, 2.05) is 32.6 Å². The van der Waals surface area contributed by atoms with Gasteiger partial charge in [0.25, 0.3) is 0 Å². The molecule has 0 aliphatic carbocycles. The Bertz CT molecular complexity index is 1430. The van der Waals surface area contributed by atoms with Gasteiger partial charge in [0.15, 0.2) is 16.6 Å². The lowest BCUT2D eigenvalue weighted by molar-refractivity contribution is 0.0944. The molecule has 1 aliphatic rings. The maximum atomic E-state index is 14.8. The van der Waals surface area contributed by atoms with E-state index in [0.29, 0.717) is 48.6 Å². The number of pyridine rings is 2. The number of aromatic nitrogens is 4. The molecule has 1 fully saturated rings. The molecule has 0 saturated carbocycles. The third kappa shape index (κ3) is 5.22. The van der Waals surface area contributed by atoms with Gasteiger partial charge in [-0.2, -0.15) is 4.98 Å². The number of ether oxygens (including phenoxy) is 1. The monoisotopic (exact) mass is 542 g/mol. The van der Waals surface area contributed by atoms with Gasteiger partial charge in [0.2, 0.25) is 0 Å². The van der Waals surface area contributed by atoms with Crippen molar-refractivity contribution in [1.82, 2.24) is 24.4 Å². The number of hydrogen-bond donors (Lipinski definition) is 0. The van der Waals surface area contributed by atoms with E-state index in [2.05, 4.69) is 21.5 Å².